The first-order valence-electron chi connectivity index (χ1n) is 7.63. The second-order valence-electron chi connectivity index (χ2n) is 5.81. The Morgan fingerprint density at radius 3 is 2.58 bits per heavy atom. The summed E-state index contributed by atoms with van der Waals surface area (Å²) >= 11 is 0. The van der Waals surface area contributed by atoms with Gasteiger partial charge < -0.3 is 11.1 Å². The van der Waals surface area contributed by atoms with Crippen molar-refractivity contribution in [3.8, 4) is 11.3 Å². The van der Waals surface area contributed by atoms with E-state index in [1.165, 1.54) is 0 Å². The van der Waals surface area contributed by atoms with Crippen molar-refractivity contribution < 1.29 is 4.79 Å². The standard InChI is InChI=1S/C17H16N6O/c1-9-12(19-16(9)24)8-13-20-15-10(2)14(11-6-4-3-5-7-11)21-17(18)23(15)22-13/h3-7H,8H2,1-2H3,(H2,18,21)(H,19,24). The molecule has 0 bridgehead atoms. The first-order valence-corrected chi connectivity index (χ1v) is 7.63. The zero-order chi connectivity index (χ0) is 16.8. The van der Waals surface area contributed by atoms with Gasteiger partial charge in [0, 0.05) is 22.4 Å². The number of nitrogens with one attached hydrogen (secondary N) is 1. The summed E-state index contributed by atoms with van der Waals surface area (Å²) in [6.07, 6.45) is 0.471. The summed E-state index contributed by atoms with van der Waals surface area (Å²) in [4.78, 5) is 20.3. The van der Waals surface area contributed by atoms with Gasteiger partial charge in [-0.25, -0.2) is 9.97 Å². The molecular formula is C17H16N6O. The van der Waals surface area contributed by atoms with Crippen LogP contribution in [0.1, 0.15) is 18.3 Å². The predicted octanol–water partition coefficient (Wildman–Crippen LogP) is 1.63. The number of hydrogen-bond acceptors (Lipinski definition) is 5. The predicted molar refractivity (Wildman–Crippen MR) is 89.9 cm³/mol. The number of benzene rings is 1. The Labute approximate surface area is 138 Å². The molecule has 4 rings (SSSR count). The third-order valence-corrected chi connectivity index (χ3v) is 4.22. The Kier molecular flexibility index (Phi) is 3.09. The van der Waals surface area contributed by atoms with E-state index in [-0.39, 0.29) is 11.9 Å². The van der Waals surface area contributed by atoms with Crippen LogP contribution < -0.4 is 11.1 Å². The lowest BCUT2D eigenvalue weighted by Crippen LogP contribution is -2.37. The van der Waals surface area contributed by atoms with E-state index in [1.807, 2.05) is 37.3 Å². The number of allylic oxidation sites excluding steroid dienone is 1. The second-order valence-corrected chi connectivity index (χ2v) is 5.81. The molecule has 24 heavy (non-hydrogen) atoms. The van der Waals surface area contributed by atoms with Gasteiger partial charge >= 0.3 is 0 Å². The fourth-order valence-corrected chi connectivity index (χ4v) is 2.79. The smallest absolute Gasteiger partial charge is 0.252 e. The van der Waals surface area contributed by atoms with Crippen molar-refractivity contribution in [3.63, 3.8) is 0 Å². The number of carbonyl (C=O) groups excluding carboxylic acids is 1. The van der Waals surface area contributed by atoms with Crippen LogP contribution in [0.4, 0.5) is 5.95 Å². The van der Waals surface area contributed by atoms with Crippen molar-refractivity contribution in [1.82, 2.24) is 24.9 Å². The van der Waals surface area contributed by atoms with Crippen molar-refractivity contribution in [2.75, 3.05) is 5.73 Å². The van der Waals surface area contributed by atoms with Crippen molar-refractivity contribution in [1.29, 1.82) is 0 Å². The van der Waals surface area contributed by atoms with E-state index in [0.29, 0.717) is 17.9 Å². The normalized spacial score (nSPS) is 14.0. The Hall–Kier alpha value is -3.22. The molecule has 120 valence electrons. The Morgan fingerprint density at radius 1 is 1.17 bits per heavy atom. The minimum atomic E-state index is -0.0440. The molecule has 1 aromatic carbocycles. The van der Waals surface area contributed by atoms with Gasteiger partial charge in [0.05, 0.1) is 12.1 Å². The van der Waals surface area contributed by atoms with Gasteiger partial charge in [0.1, 0.15) is 0 Å². The highest BCUT2D eigenvalue weighted by atomic mass is 16.2. The first kappa shape index (κ1) is 14.4. The van der Waals surface area contributed by atoms with E-state index in [2.05, 4.69) is 20.4 Å². The SMILES string of the molecule is CC1=C(Cc2nc3c(C)c(-c4ccccc4)nc(N)n3n2)NC1=O. The van der Waals surface area contributed by atoms with Crippen molar-refractivity contribution >= 4 is 17.5 Å². The zero-order valence-electron chi connectivity index (χ0n) is 13.4. The molecule has 1 aliphatic rings. The molecule has 0 unspecified atom stereocenters. The Bertz CT molecular complexity index is 1000. The van der Waals surface area contributed by atoms with Gasteiger partial charge in [0.15, 0.2) is 11.5 Å². The van der Waals surface area contributed by atoms with Crippen LogP contribution in [0.5, 0.6) is 0 Å². The molecule has 3 heterocycles. The zero-order valence-corrected chi connectivity index (χ0v) is 13.4. The van der Waals surface area contributed by atoms with E-state index in [9.17, 15) is 4.79 Å². The van der Waals surface area contributed by atoms with E-state index in [0.717, 1.165) is 28.1 Å². The van der Waals surface area contributed by atoms with Gasteiger partial charge in [-0.1, -0.05) is 30.3 Å². The molecule has 0 atom stereocenters. The Balaban J connectivity index is 1.81. The minimum absolute atomic E-state index is 0.0440. The maximum atomic E-state index is 11.3. The molecule has 2 aromatic heterocycles. The number of nitrogens with zero attached hydrogens (tertiary/aromatic N) is 4. The number of nitrogen functional groups attached to an aromatic ring is 1. The molecule has 0 spiro atoms. The molecule has 1 aliphatic heterocycles. The Morgan fingerprint density at radius 2 is 1.92 bits per heavy atom. The fourth-order valence-electron chi connectivity index (χ4n) is 2.79. The number of aryl methyl sites for hydroxylation is 1. The maximum absolute atomic E-state index is 11.3. The largest absolute Gasteiger partial charge is 0.368 e. The van der Waals surface area contributed by atoms with Gasteiger partial charge in [-0.2, -0.15) is 4.52 Å². The van der Waals surface area contributed by atoms with Crippen LogP contribution >= 0.6 is 0 Å². The minimum Gasteiger partial charge on any atom is -0.368 e. The maximum Gasteiger partial charge on any atom is 0.252 e. The lowest BCUT2D eigenvalue weighted by atomic mass is 10.1. The topological polar surface area (TPSA) is 98.2 Å². The second kappa shape index (κ2) is 5.16. The quantitative estimate of drug-likeness (QED) is 0.764. The highest BCUT2D eigenvalue weighted by Gasteiger charge is 2.24. The van der Waals surface area contributed by atoms with E-state index >= 15 is 0 Å². The van der Waals surface area contributed by atoms with Gasteiger partial charge in [-0.15, -0.1) is 5.10 Å². The van der Waals surface area contributed by atoms with Crippen molar-refractivity contribution in [2.24, 2.45) is 0 Å². The molecule has 0 fully saturated rings. The molecule has 0 saturated heterocycles. The monoisotopic (exact) mass is 320 g/mol. The van der Waals surface area contributed by atoms with E-state index in [1.54, 1.807) is 11.4 Å². The van der Waals surface area contributed by atoms with Crippen LogP contribution in [0, 0.1) is 6.92 Å². The summed E-state index contributed by atoms with van der Waals surface area (Å²) in [6, 6.07) is 9.85. The summed E-state index contributed by atoms with van der Waals surface area (Å²) in [5.41, 5.74) is 11.0. The van der Waals surface area contributed by atoms with Gasteiger partial charge in [0.2, 0.25) is 5.95 Å². The summed E-state index contributed by atoms with van der Waals surface area (Å²) < 4.78 is 1.55. The number of nitrogens with two attached hydrogens (primary N) is 1. The number of aromatic nitrogens is 4. The third kappa shape index (κ3) is 2.13. The summed E-state index contributed by atoms with van der Waals surface area (Å²) in [6.45, 7) is 3.75. The molecule has 0 aliphatic carbocycles. The molecular weight excluding hydrogens is 304 g/mol. The summed E-state index contributed by atoms with van der Waals surface area (Å²) in [5.74, 6) is 0.847. The molecule has 1 amide bonds. The molecule has 0 radical (unpaired) electrons. The van der Waals surface area contributed by atoms with E-state index in [4.69, 9.17) is 5.73 Å². The number of amides is 1. The highest BCUT2D eigenvalue weighted by Crippen LogP contribution is 2.25. The molecule has 7 nitrogen and oxygen atoms in total. The van der Waals surface area contributed by atoms with E-state index < -0.39 is 0 Å². The number of fused-ring (bicyclic) bond motifs is 1. The average molecular weight is 320 g/mol. The van der Waals surface area contributed by atoms with Crippen molar-refractivity contribution in [2.45, 2.75) is 20.3 Å². The summed E-state index contributed by atoms with van der Waals surface area (Å²) in [5, 5.41) is 7.18. The number of rotatable bonds is 3. The average Bonchev–Trinajstić information content (AvgIpc) is 3.03. The number of carbonyl (C=O) groups is 1. The van der Waals surface area contributed by atoms with Crippen LogP contribution in [0.15, 0.2) is 41.6 Å². The first-order chi connectivity index (χ1) is 11.5. The molecule has 7 heteroatoms. The van der Waals surface area contributed by atoms with Crippen LogP contribution in [-0.2, 0) is 11.2 Å². The van der Waals surface area contributed by atoms with Crippen LogP contribution in [-0.4, -0.2) is 25.5 Å². The molecule has 0 saturated carbocycles. The molecule has 3 aromatic rings. The van der Waals surface area contributed by atoms with Gasteiger partial charge in [0.25, 0.3) is 5.91 Å². The highest BCUT2D eigenvalue weighted by molar-refractivity contribution is 6.01. The van der Waals surface area contributed by atoms with Gasteiger partial charge in [-0.05, 0) is 13.8 Å². The lowest BCUT2D eigenvalue weighted by molar-refractivity contribution is -0.118. The number of anilines is 1. The van der Waals surface area contributed by atoms with Crippen LogP contribution in [0.3, 0.4) is 0 Å². The van der Waals surface area contributed by atoms with Crippen LogP contribution in [0.25, 0.3) is 16.9 Å². The fraction of sp³-hybridized carbons (Fsp3) is 0.176. The number of hydrogen-bond donors (Lipinski definition) is 2. The van der Waals surface area contributed by atoms with Crippen molar-refractivity contribution in [3.05, 3.63) is 53.0 Å². The van der Waals surface area contributed by atoms with Crippen LogP contribution in [0.2, 0.25) is 0 Å². The third-order valence-electron chi connectivity index (χ3n) is 4.22. The lowest BCUT2D eigenvalue weighted by Gasteiger charge is -2.20. The van der Waals surface area contributed by atoms with Gasteiger partial charge in [-0.3, -0.25) is 4.79 Å². The summed E-state index contributed by atoms with van der Waals surface area (Å²) in [7, 11) is 0. The molecule has 3 N–H and O–H groups in total.